The van der Waals surface area contributed by atoms with Crippen molar-refractivity contribution in [1.29, 1.82) is 0 Å². The molecule has 2 amide bonds. The summed E-state index contributed by atoms with van der Waals surface area (Å²) in [5.41, 5.74) is 0.888. The van der Waals surface area contributed by atoms with Gasteiger partial charge in [0.25, 0.3) is 0 Å². The number of nitrogens with zero attached hydrogens (tertiary/aromatic N) is 1. The van der Waals surface area contributed by atoms with E-state index in [1.54, 1.807) is 4.90 Å². The van der Waals surface area contributed by atoms with Crippen molar-refractivity contribution >= 4 is 17.9 Å². The van der Waals surface area contributed by atoms with Crippen LogP contribution in [-0.4, -0.2) is 37.3 Å². The number of methoxy groups -OCH3 is 1. The molecule has 2 aliphatic heterocycles. The zero-order valence-corrected chi connectivity index (χ0v) is 10.5. The van der Waals surface area contributed by atoms with Crippen LogP contribution in [0.25, 0.3) is 0 Å². The monoisotopic (exact) mass is 262 g/mol. The Balaban J connectivity index is 1.97. The largest absolute Gasteiger partial charge is 0.453 e. The second-order valence-corrected chi connectivity index (χ2v) is 4.70. The van der Waals surface area contributed by atoms with Gasteiger partial charge in [-0.05, 0) is 6.07 Å². The van der Waals surface area contributed by atoms with E-state index in [1.165, 1.54) is 7.11 Å². The molecular formula is C13H14N2O4. The van der Waals surface area contributed by atoms with Crippen LogP contribution in [0.1, 0.15) is 12.0 Å². The summed E-state index contributed by atoms with van der Waals surface area (Å²) >= 11 is 0. The third-order valence-electron chi connectivity index (χ3n) is 3.61. The molecule has 2 heterocycles. The van der Waals surface area contributed by atoms with Gasteiger partial charge in [-0.15, -0.1) is 0 Å². The zero-order valence-electron chi connectivity index (χ0n) is 10.5. The van der Waals surface area contributed by atoms with Crippen molar-refractivity contribution in [3.8, 4) is 0 Å². The topological polar surface area (TPSA) is 67.9 Å². The molecule has 6 heteroatoms. The fourth-order valence-corrected chi connectivity index (χ4v) is 2.73. The maximum absolute atomic E-state index is 11.7. The summed E-state index contributed by atoms with van der Waals surface area (Å²) in [6.07, 6.45) is -0.304. The van der Waals surface area contributed by atoms with Crippen molar-refractivity contribution in [2.45, 2.75) is 12.0 Å². The molecule has 0 bridgehead atoms. The van der Waals surface area contributed by atoms with Gasteiger partial charge >= 0.3 is 12.2 Å². The van der Waals surface area contributed by atoms with Gasteiger partial charge in [-0.3, -0.25) is 5.32 Å². The van der Waals surface area contributed by atoms with Crippen LogP contribution >= 0.6 is 0 Å². The molecule has 2 aliphatic rings. The number of likely N-dealkylation sites (tertiary alicyclic amines) is 1. The maximum atomic E-state index is 11.7. The molecule has 1 spiro atoms. The first-order chi connectivity index (χ1) is 9.14. The van der Waals surface area contributed by atoms with Gasteiger partial charge in [0.15, 0.2) is 5.60 Å². The molecule has 1 aromatic rings. The molecule has 6 nitrogen and oxygen atoms in total. The Labute approximate surface area is 110 Å². The van der Waals surface area contributed by atoms with E-state index in [9.17, 15) is 9.59 Å². The van der Waals surface area contributed by atoms with Crippen LogP contribution in [0.5, 0.6) is 0 Å². The third-order valence-corrected chi connectivity index (χ3v) is 3.61. The fraction of sp³-hybridized carbons (Fsp3) is 0.385. The van der Waals surface area contributed by atoms with Gasteiger partial charge in [-0.1, -0.05) is 18.2 Å². The van der Waals surface area contributed by atoms with Gasteiger partial charge < -0.3 is 14.4 Å². The Morgan fingerprint density at radius 3 is 3.05 bits per heavy atom. The number of anilines is 1. The van der Waals surface area contributed by atoms with Crippen molar-refractivity contribution in [3.05, 3.63) is 29.8 Å². The van der Waals surface area contributed by atoms with Gasteiger partial charge in [-0.25, -0.2) is 9.59 Å². The minimum absolute atomic E-state index is 0.324. The normalized spacial score (nSPS) is 24.7. The number of hydrogen-bond acceptors (Lipinski definition) is 4. The van der Waals surface area contributed by atoms with Crippen LogP contribution in [0, 0.1) is 0 Å². The third kappa shape index (κ3) is 1.80. The van der Waals surface area contributed by atoms with E-state index in [0.29, 0.717) is 19.5 Å². The van der Waals surface area contributed by atoms with E-state index < -0.39 is 17.8 Å². The smallest absolute Gasteiger partial charge is 0.412 e. The Morgan fingerprint density at radius 2 is 2.26 bits per heavy atom. The Hall–Kier alpha value is -2.24. The Bertz CT molecular complexity index is 545. The van der Waals surface area contributed by atoms with Crippen LogP contribution in [0.3, 0.4) is 0 Å². The van der Waals surface area contributed by atoms with Crippen molar-refractivity contribution < 1.29 is 19.1 Å². The molecule has 100 valence electrons. The van der Waals surface area contributed by atoms with E-state index >= 15 is 0 Å². The molecule has 0 radical (unpaired) electrons. The molecule has 1 fully saturated rings. The average molecular weight is 262 g/mol. The molecule has 0 aliphatic carbocycles. The van der Waals surface area contributed by atoms with Crippen LogP contribution in [-0.2, 0) is 15.1 Å². The first-order valence-electron chi connectivity index (χ1n) is 6.07. The lowest BCUT2D eigenvalue weighted by molar-refractivity contribution is 0.0186. The second-order valence-electron chi connectivity index (χ2n) is 4.70. The number of hydrogen-bond donors (Lipinski definition) is 1. The first kappa shape index (κ1) is 11.8. The van der Waals surface area contributed by atoms with E-state index in [2.05, 4.69) is 5.32 Å². The Kier molecular flexibility index (Phi) is 2.58. The summed E-state index contributed by atoms with van der Waals surface area (Å²) in [4.78, 5) is 24.8. The minimum atomic E-state index is -0.757. The van der Waals surface area contributed by atoms with E-state index in [-0.39, 0.29) is 0 Å². The number of fused-ring (bicyclic) bond motifs is 2. The molecule has 19 heavy (non-hydrogen) atoms. The van der Waals surface area contributed by atoms with Gasteiger partial charge in [0.1, 0.15) is 0 Å². The number of amides is 2. The van der Waals surface area contributed by atoms with Crippen molar-refractivity contribution in [2.75, 3.05) is 25.5 Å². The summed E-state index contributed by atoms with van der Waals surface area (Å²) in [6, 6.07) is 7.49. The number of rotatable bonds is 0. The molecule has 1 atom stereocenters. The fourth-order valence-electron chi connectivity index (χ4n) is 2.73. The van der Waals surface area contributed by atoms with Gasteiger partial charge in [0.2, 0.25) is 0 Å². The number of nitrogens with one attached hydrogen (secondary N) is 1. The zero-order chi connectivity index (χ0) is 13.5. The first-order valence-corrected chi connectivity index (χ1v) is 6.07. The number of para-hydroxylation sites is 1. The highest BCUT2D eigenvalue weighted by Gasteiger charge is 2.48. The summed E-state index contributed by atoms with van der Waals surface area (Å²) in [5.74, 6) is 0. The van der Waals surface area contributed by atoms with Crippen LogP contribution in [0.15, 0.2) is 24.3 Å². The van der Waals surface area contributed by atoms with Crippen molar-refractivity contribution in [2.24, 2.45) is 0 Å². The highest BCUT2D eigenvalue weighted by molar-refractivity contribution is 5.89. The van der Waals surface area contributed by atoms with Crippen LogP contribution in [0.2, 0.25) is 0 Å². The van der Waals surface area contributed by atoms with Gasteiger partial charge in [-0.2, -0.15) is 0 Å². The molecule has 1 saturated heterocycles. The maximum Gasteiger partial charge on any atom is 0.412 e. The molecule has 1 unspecified atom stereocenters. The standard InChI is InChI=1S/C13H14N2O4/c1-18-12(17)15-7-6-13(8-15)9-4-2-3-5-10(9)14-11(16)19-13/h2-5H,6-8H2,1H3,(H,14,16). The van der Waals surface area contributed by atoms with Gasteiger partial charge in [0, 0.05) is 18.5 Å². The molecule has 1 aromatic carbocycles. The molecule has 1 N–H and O–H groups in total. The highest BCUT2D eigenvalue weighted by atomic mass is 16.6. The van der Waals surface area contributed by atoms with Crippen molar-refractivity contribution in [3.63, 3.8) is 0 Å². The number of carbonyl (C=O) groups excluding carboxylic acids is 2. The van der Waals surface area contributed by atoms with E-state index in [0.717, 1.165) is 11.3 Å². The average Bonchev–Trinajstić information content (AvgIpc) is 2.82. The van der Waals surface area contributed by atoms with Crippen LogP contribution in [0.4, 0.5) is 15.3 Å². The highest BCUT2D eigenvalue weighted by Crippen LogP contribution is 2.42. The number of carbonyl (C=O) groups is 2. The minimum Gasteiger partial charge on any atom is -0.453 e. The summed E-state index contributed by atoms with van der Waals surface area (Å²) in [5, 5.41) is 2.67. The molecule has 3 rings (SSSR count). The summed E-state index contributed by atoms with van der Waals surface area (Å²) in [7, 11) is 1.34. The van der Waals surface area contributed by atoms with E-state index in [4.69, 9.17) is 9.47 Å². The molecular weight excluding hydrogens is 248 g/mol. The number of ether oxygens (including phenoxy) is 2. The van der Waals surface area contributed by atoms with Gasteiger partial charge in [0.05, 0.1) is 19.3 Å². The predicted octanol–water partition coefficient (Wildman–Crippen LogP) is 1.92. The lowest BCUT2D eigenvalue weighted by Gasteiger charge is -2.35. The van der Waals surface area contributed by atoms with Crippen molar-refractivity contribution in [1.82, 2.24) is 4.90 Å². The van der Waals surface area contributed by atoms with E-state index in [1.807, 2.05) is 24.3 Å². The van der Waals surface area contributed by atoms with Crippen LogP contribution < -0.4 is 5.32 Å². The quantitative estimate of drug-likeness (QED) is 0.775. The predicted molar refractivity (Wildman–Crippen MR) is 66.8 cm³/mol. The lowest BCUT2D eigenvalue weighted by Crippen LogP contribution is -2.42. The Morgan fingerprint density at radius 1 is 1.47 bits per heavy atom. The molecule has 0 aromatic heterocycles. The number of benzene rings is 1. The summed E-state index contributed by atoms with van der Waals surface area (Å²) < 4.78 is 10.2. The second kappa shape index (κ2) is 4.15. The summed E-state index contributed by atoms with van der Waals surface area (Å²) in [6.45, 7) is 0.832. The SMILES string of the molecule is COC(=O)N1CCC2(C1)OC(=O)Nc1ccccc12. The molecule has 0 saturated carbocycles. The lowest BCUT2D eigenvalue weighted by atomic mass is 9.90.